The second-order valence-corrected chi connectivity index (χ2v) is 10.6. The Bertz CT molecular complexity index is 1600. The van der Waals surface area contributed by atoms with Gasteiger partial charge < -0.3 is 35.1 Å². The predicted octanol–water partition coefficient (Wildman–Crippen LogP) is 4.43. The zero-order chi connectivity index (χ0) is 31.3. The SMILES string of the molecule is CN(C)CCNC(=O)c1ccc(NC(=O)Nc2ccc(-c3nc(N4CCOCC4)c4ccn(CC(F)(F)F)c4n3)cc2)cc1. The third-order valence-corrected chi connectivity index (χ3v) is 6.91. The highest BCUT2D eigenvalue weighted by Crippen LogP contribution is 2.31. The van der Waals surface area contributed by atoms with E-state index in [1.54, 1.807) is 54.6 Å². The van der Waals surface area contributed by atoms with Crippen LogP contribution in [0.4, 0.5) is 35.2 Å². The number of ether oxygens (including phenoxy) is 1. The standard InChI is InChI=1S/C30H33F3N8O3/c1-39(2)14-12-34-28(42)21-5-9-23(10-6-21)36-29(43)35-22-7-3-20(4-8-22)25-37-26(40-15-17-44-18-16-40)24-11-13-41(27(24)38-25)19-30(31,32)33/h3-11,13H,12,14-19H2,1-2H3,(H,34,42)(H2,35,36,43). The molecular weight excluding hydrogens is 577 g/mol. The van der Waals surface area contributed by atoms with Crippen molar-refractivity contribution in [3.05, 3.63) is 66.4 Å². The molecule has 3 N–H and O–H groups in total. The van der Waals surface area contributed by atoms with Crippen molar-refractivity contribution in [2.24, 2.45) is 0 Å². The number of urea groups is 1. The molecule has 4 aromatic rings. The quantitative estimate of drug-likeness (QED) is 0.257. The number of hydrogen-bond donors (Lipinski definition) is 3. The van der Waals surface area contributed by atoms with E-state index in [0.717, 1.165) is 11.1 Å². The summed E-state index contributed by atoms with van der Waals surface area (Å²) in [5, 5.41) is 8.84. The number of aromatic nitrogens is 3. The lowest BCUT2D eigenvalue weighted by molar-refractivity contribution is -0.139. The second-order valence-electron chi connectivity index (χ2n) is 10.6. The third-order valence-electron chi connectivity index (χ3n) is 6.91. The summed E-state index contributed by atoms with van der Waals surface area (Å²) in [5.41, 5.74) is 2.23. The zero-order valence-corrected chi connectivity index (χ0v) is 24.3. The third kappa shape index (κ3) is 7.82. The first kappa shape index (κ1) is 30.8. The number of hydrogen-bond acceptors (Lipinski definition) is 7. The van der Waals surface area contributed by atoms with E-state index in [1.807, 2.05) is 23.9 Å². The van der Waals surface area contributed by atoms with Gasteiger partial charge in [-0.05, 0) is 68.7 Å². The molecule has 0 aliphatic carbocycles. The van der Waals surface area contributed by atoms with Crippen LogP contribution < -0.4 is 20.9 Å². The molecule has 1 aliphatic heterocycles. The van der Waals surface area contributed by atoms with Gasteiger partial charge in [0.05, 0.1) is 18.6 Å². The van der Waals surface area contributed by atoms with Crippen molar-refractivity contribution in [1.29, 1.82) is 0 Å². The van der Waals surface area contributed by atoms with E-state index < -0.39 is 18.8 Å². The van der Waals surface area contributed by atoms with Crippen LogP contribution in [0.3, 0.4) is 0 Å². The molecule has 1 fully saturated rings. The van der Waals surface area contributed by atoms with Gasteiger partial charge in [-0.15, -0.1) is 0 Å². The monoisotopic (exact) mass is 610 g/mol. The molecule has 2 aromatic carbocycles. The normalized spacial score (nSPS) is 13.7. The lowest BCUT2D eigenvalue weighted by Crippen LogP contribution is -2.37. The Labute approximate surface area is 252 Å². The molecule has 0 unspecified atom stereocenters. The Morgan fingerprint density at radius 1 is 0.932 bits per heavy atom. The Kier molecular flexibility index (Phi) is 9.30. The zero-order valence-electron chi connectivity index (χ0n) is 24.3. The highest BCUT2D eigenvalue weighted by atomic mass is 19.4. The van der Waals surface area contributed by atoms with Gasteiger partial charge >= 0.3 is 12.2 Å². The van der Waals surface area contributed by atoms with Crippen LogP contribution >= 0.6 is 0 Å². The van der Waals surface area contributed by atoms with Crippen molar-refractivity contribution in [2.45, 2.75) is 12.7 Å². The van der Waals surface area contributed by atoms with Crippen molar-refractivity contribution in [3.63, 3.8) is 0 Å². The van der Waals surface area contributed by atoms with Crippen LogP contribution in [0.1, 0.15) is 10.4 Å². The van der Waals surface area contributed by atoms with Crippen LogP contribution in [-0.4, -0.2) is 91.0 Å². The summed E-state index contributed by atoms with van der Waals surface area (Å²) in [7, 11) is 3.85. The first-order valence-electron chi connectivity index (χ1n) is 14.0. The number of benzene rings is 2. The number of likely N-dealkylation sites (N-methyl/N-ethyl adjacent to an activating group) is 1. The van der Waals surface area contributed by atoms with E-state index in [1.165, 1.54) is 6.20 Å². The molecule has 0 atom stereocenters. The summed E-state index contributed by atoms with van der Waals surface area (Å²) in [5.74, 6) is 0.618. The fourth-order valence-corrected chi connectivity index (χ4v) is 4.71. The summed E-state index contributed by atoms with van der Waals surface area (Å²) < 4.78 is 46.3. The van der Waals surface area contributed by atoms with E-state index >= 15 is 0 Å². The minimum absolute atomic E-state index is 0.187. The summed E-state index contributed by atoms with van der Waals surface area (Å²) in [6.07, 6.45) is -3.03. The van der Waals surface area contributed by atoms with Crippen molar-refractivity contribution in [3.8, 4) is 11.4 Å². The molecule has 2 aromatic heterocycles. The van der Waals surface area contributed by atoms with Crippen LogP contribution in [0.15, 0.2) is 60.8 Å². The Balaban J connectivity index is 1.28. The molecule has 0 spiro atoms. The first-order valence-corrected chi connectivity index (χ1v) is 14.0. The van der Waals surface area contributed by atoms with Gasteiger partial charge in [0.1, 0.15) is 18.0 Å². The summed E-state index contributed by atoms with van der Waals surface area (Å²) in [6.45, 7) is 2.17. The predicted molar refractivity (Wildman–Crippen MR) is 162 cm³/mol. The lowest BCUT2D eigenvalue weighted by atomic mass is 10.2. The number of carbonyl (C=O) groups is 2. The van der Waals surface area contributed by atoms with Gasteiger partial charge in [-0.3, -0.25) is 4.79 Å². The maximum absolute atomic E-state index is 13.3. The van der Waals surface area contributed by atoms with E-state index in [9.17, 15) is 22.8 Å². The number of morpholine rings is 1. The van der Waals surface area contributed by atoms with E-state index in [4.69, 9.17) is 9.72 Å². The fourth-order valence-electron chi connectivity index (χ4n) is 4.71. The van der Waals surface area contributed by atoms with Gasteiger partial charge in [-0.1, -0.05) is 0 Å². The van der Waals surface area contributed by atoms with Gasteiger partial charge in [-0.25, -0.2) is 14.8 Å². The van der Waals surface area contributed by atoms with Crippen molar-refractivity contribution >= 4 is 40.2 Å². The largest absolute Gasteiger partial charge is 0.406 e. The maximum atomic E-state index is 13.3. The minimum Gasteiger partial charge on any atom is -0.378 e. The van der Waals surface area contributed by atoms with E-state index in [0.29, 0.717) is 66.6 Å². The number of nitrogens with one attached hydrogen (secondary N) is 3. The summed E-state index contributed by atoms with van der Waals surface area (Å²) in [4.78, 5) is 38.0. The van der Waals surface area contributed by atoms with Crippen LogP contribution in [0.2, 0.25) is 0 Å². The Morgan fingerprint density at radius 2 is 1.57 bits per heavy atom. The molecule has 1 saturated heterocycles. The highest BCUT2D eigenvalue weighted by molar-refractivity contribution is 6.00. The molecule has 232 valence electrons. The Hall–Kier alpha value is -4.69. The summed E-state index contributed by atoms with van der Waals surface area (Å²) >= 11 is 0. The van der Waals surface area contributed by atoms with Gasteiger partial charge in [0, 0.05) is 54.9 Å². The number of nitrogens with zero attached hydrogens (tertiary/aromatic N) is 5. The summed E-state index contributed by atoms with van der Waals surface area (Å²) in [6, 6.07) is 14.4. The van der Waals surface area contributed by atoms with Crippen molar-refractivity contribution < 1.29 is 27.5 Å². The van der Waals surface area contributed by atoms with Crippen LogP contribution in [0, 0.1) is 0 Å². The molecule has 0 bridgehead atoms. The van der Waals surface area contributed by atoms with Crippen molar-refractivity contribution in [2.75, 3.05) is 69.0 Å². The molecule has 14 heteroatoms. The minimum atomic E-state index is -4.41. The van der Waals surface area contributed by atoms with E-state index in [2.05, 4.69) is 20.9 Å². The fraction of sp³-hybridized carbons (Fsp3) is 0.333. The molecule has 1 aliphatic rings. The van der Waals surface area contributed by atoms with E-state index in [-0.39, 0.29) is 17.4 Å². The number of rotatable bonds is 9. The van der Waals surface area contributed by atoms with Gasteiger partial charge in [0.25, 0.3) is 5.91 Å². The number of alkyl halides is 3. The average Bonchev–Trinajstić information content (AvgIpc) is 3.38. The number of carbonyl (C=O) groups excluding carboxylic acids is 2. The maximum Gasteiger partial charge on any atom is 0.406 e. The van der Waals surface area contributed by atoms with Crippen LogP contribution in [0.5, 0.6) is 0 Å². The molecule has 11 nitrogen and oxygen atoms in total. The second kappa shape index (κ2) is 13.3. The number of amides is 3. The van der Waals surface area contributed by atoms with Crippen LogP contribution in [-0.2, 0) is 11.3 Å². The van der Waals surface area contributed by atoms with Crippen molar-refractivity contribution in [1.82, 2.24) is 24.8 Å². The average molecular weight is 611 g/mol. The topological polar surface area (TPSA) is 117 Å². The first-order chi connectivity index (χ1) is 21.1. The molecular formula is C30H33F3N8O3. The molecule has 0 radical (unpaired) electrons. The van der Waals surface area contributed by atoms with Crippen LogP contribution in [0.25, 0.3) is 22.4 Å². The highest BCUT2D eigenvalue weighted by Gasteiger charge is 2.30. The van der Waals surface area contributed by atoms with Gasteiger partial charge in [0.15, 0.2) is 5.82 Å². The number of anilines is 3. The van der Waals surface area contributed by atoms with Gasteiger partial charge in [0.2, 0.25) is 0 Å². The number of fused-ring (bicyclic) bond motifs is 1. The molecule has 44 heavy (non-hydrogen) atoms. The van der Waals surface area contributed by atoms with Gasteiger partial charge in [-0.2, -0.15) is 13.2 Å². The lowest BCUT2D eigenvalue weighted by Gasteiger charge is -2.28. The molecule has 3 amide bonds. The smallest absolute Gasteiger partial charge is 0.378 e. The molecule has 0 saturated carbocycles. The number of halogens is 3. The molecule has 5 rings (SSSR count). The Morgan fingerprint density at radius 3 is 2.18 bits per heavy atom. The molecule has 3 heterocycles.